The molecule has 0 aromatic carbocycles. The highest BCUT2D eigenvalue weighted by atomic mass is 32.2. The van der Waals surface area contributed by atoms with Crippen molar-refractivity contribution in [3.8, 4) is 0 Å². The molecule has 1 atom stereocenters. The van der Waals surface area contributed by atoms with Gasteiger partial charge in [0.05, 0.1) is 6.61 Å². The quantitative estimate of drug-likeness (QED) is 0.268. The van der Waals surface area contributed by atoms with E-state index in [1.165, 1.54) is 0 Å². The van der Waals surface area contributed by atoms with Gasteiger partial charge in [0.25, 0.3) is 0 Å². The zero-order chi connectivity index (χ0) is 19.0. The lowest BCUT2D eigenvalue weighted by atomic mass is 10.1. The normalized spacial score (nSPS) is 14.5. The summed E-state index contributed by atoms with van der Waals surface area (Å²) >= 11 is 0.934. The molecule has 0 aromatic rings. The Hall–Kier alpha value is -0.670. The third-order valence-electron chi connectivity index (χ3n) is 3.14. The molecule has 2 nitrogen and oxygen atoms in total. The first kappa shape index (κ1) is 23.3. The average molecular weight is 386 g/mol. The van der Waals surface area contributed by atoms with Crippen LogP contribution in [0.4, 0.5) is 30.7 Å². The molecular weight excluding hydrogens is 365 g/mol. The molecular formula is C14H21F7O2S. The number of hydrogen-bond acceptors (Lipinski definition) is 3. The molecule has 0 aromatic heterocycles. The van der Waals surface area contributed by atoms with Crippen LogP contribution in [0.25, 0.3) is 0 Å². The number of carbonyl (C=O) groups is 1. The molecule has 0 N–H and O–H groups in total. The summed E-state index contributed by atoms with van der Waals surface area (Å²) in [5, 5.41) is -0.637. The van der Waals surface area contributed by atoms with Crippen molar-refractivity contribution in [2.75, 3.05) is 12.4 Å². The van der Waals surface area contributed by atoms with Crippen LogP contribution in [0.3, 0.4) is 0 Å². The Morgan fingerprint density at radius 2 is 1.62 bits per heavy atom. The van der Waals surface area contributed by atoms with E-state index in [1.807, 2.05) is 6.92 Å². The van der Waals surface area contributed by atoms with Gasteiger partial charge in [0.15, 0.2) is 0 Å². The maximum atomic E-state index is 13.1. The van der Waals surface area contributed by atoms with Gasteiger partial charge in [0, 0.05) is 6.42 Å². The van der Waals surface area contributed by atoms with Gasteiger partial charge in [-0.2, -0.15) is 30.7 Å². The van der Waals surface area contributed by atoms with Crippen LogP contribution >= 0.6 is 11.8 Å². The van der Waals surface area contributed by atoms with Gasteiger partial charge in [0.1, 0.15) is 5.25 Å². The molecule has 10 heteroatoms. The van der Waals surface area contributed by atoms with E-state index in [2.05, 4.69) is 0 Å². The zero-order valence-corrected chi connectivity index (χ0v) is 14.2. The lowest BCUT2D eigenvalue weighted by Gasteiger charge is -2.28. The van der Waals surface area contributed by atoms with Gasteiger partial charge in [-0.3, -0.25) is 4.79 Å². The minimum Gasteiger partial charge on any atom is -0.465 e. The van der Waals surface area contributed by atoms with Crippen molar-refractivity contribution in [2.24, 2.45) is 0 Å². The Balaban J connectivity index is 4.53. The molecule has 0 saturated heterocycles. The highest BCUT2D eigenvalue weighted by Gasteiger charge is 2.72. The minimum absolute atomic E-state index is 0.137. The molecule has 0 aliphatic rings. The summed E-state index contributed by atoms with van der Waals surface area (Å²) in [4.78, 5) is 11.7. The fourth-order valence-electron chi connectivity index (χ4n) is 1.78. The number of carbonyl (C=O) groups excluding carboxylic acids is 1. The number of hydrogen-bond donors (Lipinski definition) is 0. The van der Waals surface area contributed by atoms with Gasteiger partial charge in [-0.15, -0.1) is 11.8 Å². The van der Waals surface area contributed by atoms with Gasteiger partial charge in [0.2, 0.25) is 0 Å². The van der Waals surface area contributed by atoms with E-state index in [0.29, 0.717) is 12.8 Å². The molecule has 0 spiro atoms. The predicted octanol–water partition coefficient (Wildman–Crippen LogP) is 5.45. The molecule has 0 bridgehead atoms. The highest BCUT2D eigenvalue weighted by Crippen LogP contribution is 2.48. The van der Waals surface area contributed by atoms with E-state index >= 15 is 0 Å². The van der Waals surface area contributed by atoms with E-state index in [0.717, 1.165) is 18.2 Å². The lowest BCUT2D eigenvalue weighted by molar-refractivity contribution is -0.355. The maximum absolute atomic E-state index is 13.1. The number of thioether (sulfide) groups is 1. The Morgan fingerprint density at radius 1 is 1.04 bits per heavy atom. The minimum atomic E-state index is -6.31. The van der Waals surface area contributed by atoms with E-state index in [4.69, 9.17) is 4.74 Å². The van der Waals surface area contributed by atoms with Crippen LogP contribution in [0.15, 0.2) is 0 Å². The van der Waals surface area contributed by atoms with Crippen LogP contribution in [-0.2, 0) is 9.53 Å². The van der Waals surface area contributed by atoms with Gasteiger partial charge in [-0.1, -0.05) is 19.8 Å². The molecule has 0 heterocycles. The van der Waals surface area contributed by atoms with Crippen molar-refractivity contribution in [2.45, 2.75) is 69.2 Å². The summed E-state index contributed by atoms with van der Waals surface area (Å²) in [6.45, 7) is 3.61. The zero-order valence-electron chi connectivity index (χ0n) is 13.4. The molecule has 0 saturated carbocycles. The van der Waals surface area contributed by atoms with Gasteiger partial charge in [-0.05, 0) is 25.5 Å². The summed E-state index contributed by atoms with van der Waals surface area (Å²) < 4.78 is 92.6. The van der Waals surface area contributed by atoms with Gasteiger partial charge in [-0.25, -0.2) is 0 Å². The first-order valence-electron chi connectivity index (χ1n) is 7.51. The predicted molar refractivity (Wildman–Crippen MR) is 77.6 cm³/mol. The molecule has 0 aliphatic heterocycles. The van der Waals surface area contributed by atoms with Crippen molar-refractivity contribution in [3.63, 3.8) is 0 Å². The summed E-state index contributed by atoms with van der Waals surface area (Å²) in [7, 11) is 0. The molecule has 0 amide bonds. The molecule has 24 heavy (non-hydrogen) atoms. The Labute approximate surface area is 140 Å². The van der Waals surface area contributed by atoms with Crippen molar-refractivity contribution >= 4 is 17.7 Å². The summed E-state index contributed by atoms with van der Waals surface area (Å²) in [5.41, 5.74) is 0. The molecule has 0 radical (unpaired) electrons. The standard InChI is InChI=1S/C14H21F7O2S/c1-3-5-7-10(11(22)23-4-2)24-9-6-8-12(15,16)13(17,18)14(19,20)21/h10H,3-9H2,1-2H3. The van der Waals surface area contributed by atoms with E-state index < -0.39 is 42.1 Å². The SMILES string of the molecule is CCCCC(SCCCC(F)(F)C(F)(F)C(F)(F)F)C(=O)OCC. The number of esters is 1. The average Bonchev–Trinajstić information content (AvgIpc) is 2.45. The maximum Gasteiger partial charge on any atom is 0.459 e. The summed E-state index contributed by atoms with van der Waals surface area (Å²) in [6, 6.07) is 0. The number of ether oxygens (including phenoxy) is 1. The Bertz CT molecular complexity index is 386. The van der Waals surface area contributed by atoms with Crippen LogP contribution in [0.1, 0.15) is 46.0 Å². The third-order valence-corrected chi connectivity index (χ3v) is 4.49. The van der Waals surface area contributed by atoms with Crippen LogP contribution in [0.2, 0.25) is 0 Å². The van der Waals surface area contributed by atoms with Crippen LogP contribution in [0, 0.1) is 0 Å². The molecule has 0 fully saturated rings. The van der Waals surface area contributed by atoms with E-state index in [-0.39, 0.29) is 12.4 Å². The fraction of sp³-hybridized carbons (Fsp3) is 0.929. The first-order valence-corrected chi connectivity index (χ1v) is 8.56. The number of unbranched alkanes of at least 4 members (excludes halogenated alkanes) is 1. The van der Waals surface area contributed by atoms with Crippen LogP contribution in [-0.4, -0.2) is 41.6 Å². The van der Waals surface area contributed by atoms with Gasteiger partial charge < -0.3 is 4.74 Å². The van der Waals surface area contributed by atoms with Gasteiger partial charge >= 0.3 is 24.0 Å². The van der Waals surface area contributed by atoms with E-state index in [1.54, 1.807) is 6.92 Å². The molecule has 0 rings (SSSR count). The first-order chi connectivity index (χ1) is 10.9. The van der Waals surface area contributed by atoms with E-state index in [9.17, 15) is 35.5 Å². The summed E-state index contributed by atoms with van der Waals surface area (Å²) in [5.74, 6) is -11.9. The second kappa shape index (κ2) is 9.72. The van der Waals surface area contributed by atoms with Crippen molar-refractivity contribution in [1.29, 1.82) is 0 Å². The third kappa shape index (κ3) is 6.68. The Kier molecular flexibility index (Phi) is 9.45. The molecule has 0 aliphatic carbocycles. The highest BCUT2D eigenvalue weighted by molar-refractivity contribution is 8.00. The fourth-order valence-corrected chi connectivity index (χ4v) is 2.91. The number of rotatable bonds is 11. The molecule has 1 unspecified atom stereocenters. The summed E-state index contributed by atoms with van der Waals surface area (Å²) in [6.07, 6.45) is -6.61. The number of alkyl halides is 7. The van der Waals surface area contributed by atoms with Crippen molar-refractivity contribution < 1.29 is 40.3 Å². The Morgan fingerprint density at radius 3 is 2.08 bits per heavy atom. The smallest absolute Gasteiger partial charge is 0.459 e. The topological polar surface area (TPSA) is 26.3 Å². The number of halogens is 7. The van der Waals surface area contributed by atoms with Crippen LogP contribution < -0.4 is 0 Å². The van der Waals surface area contributed by atoms with Crippen LogP contribution in [0.5, 0.6) is 0 Å². The lowest BCUT2D eigenvalue weighted by Crippen LogP contribution is -2.51. The second-order valence-corrected chi connectivity index (χ2v) is 6.44. The largest absolute Gasteiger partial charge is 0.465 e. The van der Waals surface area contributed by atoms with Crippen molar-refractivity contribution in [1.82, 2.24) is 0 Å². The van der Waals surface area contributed by atoms with Crippen molar-refractivity contribution in [3.05, 3.63) is 0 Å². The monoisotopic (exact) mass is 386 g/mol. The second-order valence-electron chi connectivity index (χ2n) is 5.13. The molecule has 144 valence electrons.